The van der Waals surface area contributed by atoms with Crippen LogP contribution in [0.15, 0.2) is 65.2 Å². The van der Waals surface area contributed by atoms with Gasteiger partial charge in [-0.3, -0.25) is 4.79 Å². The summed E-state index contributed by atoms with van der Waals surface area (Å²) in [6.07, 6.45) is 6.61. The smallest absolute Gasteiger partial charge is 0.342 e. The highest BCUT2D eigenvalue weighted by Gasteiger charge is 2.27. The van der Waals surface area contributed by atoms with Crippen LogP contribution in [0.1, 0.15) is 39.7 Å². The summed E-state index contributed by atoms with van der Waals surface area (Å²) in [6.45, 7) is 7.98. The van der Waals surface area contributed by atoms with Crippen LogP contribution in [0.5, 0.6) is 0 Å². The second kappa shape index (κ2) is 11.3. The van der Waals surface area contributed by atoms with Crippen LogP contribution in [-0.2, 0) is 19.1 Å². The number of carbonyl (C=O) groups is 2. The Morgan fingerprint density at radius 1 is 1.16 bits per heavy atom. The number of ketones is 1. The summed E-state index contributed by atoms with van der Waals surface area (Å²) in [5, 5.41) is 9.74. The van der Waals surface area contributed by atoms with Crippen molar-refractivity contribution in [1.82, 2.24) is 0 Å². The molecule has 2 rings (SSSR count). The van der Waals surface area contributed by atoms with E-state index in [1.807, 2.05) is 18.2 Å². The van der Waals surface area contributed by atoms with Gasteiger partial charge in [-0.2, -0.15) is 0 Å². The number of esters is 1. The van der Waals surface area contributed by atoms with Crippen molar-refractivity contribution in [1.29, 1.82) is 0 Å². The van der Waals surface area contributed by atoms with Gasteiger partial charge < -0.3 is 19.5 Å². The van der Waals surface area contributed by atoms with Crippen molar-refractivity contribution in [3.05, 3.63) is 70.7 Å². The summed E-state index contributed by atoms with van der Waals surface area (Å²) >= 11 is 0. The number of hydrogen-bond donors (Lipinski definition) is 1. The average Bonchev–Trinajstić information content (AvgIpc) is 2.72. The van der Waals surface area contributed by atoms with Crippen molar-refractivity contribution in [2.45, 2.75) is 40.2 Å². The highest BCUT2D eigenvalue weighted by molar-refractivity contribution is 6.20. The molecule has 31 heavy (non-hydrogen) atoms. The fourth-order valence-corrected chi connectivity index (χ4v) is 3.14. The van der Waals surface area contributed by atoms with E-state index in [9.17, 15) is 14.7 Å². The van der Waals surface area contributed by atoms with Crippen LogP contribution in [0.2, 0.25) is 0 Å². The Bertz CT molecular complexity index is 920. The number of aliphatic hydroxyl groups is 1. The predicted octanol–water partition coefficient (Wildman–Crippen LogP) is 4.17. The Labute approximate surface area is 184 Å². The Hall–Kier alpha value is -3.12. The molecule has 1 aromatic rings. The van der Waals surface area contributed by atoms with E-state index < -0.39 is 17.9 Å². The van der Waals surface area contributed by atoms with Gasteiger partial charge in [-0.1, -0.05) is 25.1 Å². The molecule has 6 nitrogen and oxygen atoms in total. The monoisotopic (exact) mass is 425 g/mol. The molecule has 0 amide bonds. The van der Waals surface area contributed by atoms with Crippen LogP contribution < -0.4 is 4.90 Å². The molecule has 1 unspecified atom stereocenters. The number of aliphatic hydroxyl groups excluding tert-OH is 1. The van der Waals surface area contributed by atoms with Gasteiger partial charge in [0.2, 0.25) is 0 Å². The summed E-state index contributed by atoms with van der Waals surface area (Å²) in [5.41, 5.74) is 2.30. The van der Waals surface area contributed by atoms with E-state index in [0.717, 1.165) is 24.2 Å². The lowest BCUT2D eigenvalue weighted by Crippen LogP contribution is -2.26. The lowest BCUT2D eigenvalue weighted by atomic mass is 9.98. The molecule has 1 atom stereocenters. The lowest BCUT2D eigenvalue weighted by Gasteiger charge is -2.18. The molecule has 1 aliphatic rings. The third kappa shape index (κ3) is 6.69. The van der Waals surface area contributed by atoms with E-state index in [-0.39, 0.29) is 12.2 Å². The fraction of sp³-hybridized carbons (Fsp3) is 0.360. The van der Waals surface area contributed by atoms with E-state index >= 15 is 0 Å². The highest BCUT2D eigenvalue weighted by atomic mass is 16.5. The molecule has 1 N–H and O–H groups in total. The molecule has 0 aliphatic carbocycles. The highest BCUT2D eigenvalue weighted by Crippen LogP contribution is 2.25. The van der Waals surface area contributed by atoms with Crippen molar-refractivity contribution in [2.24, 2.45) is 0 Å². The van der Waals surface area contributed by atoms with Gasteiger partial charge >= 0.3 is 5.97 Å². The normalized spacial score (nSPS) is 16.2. The first kappa shape index (κ1) is 24.2. The average molecular weight is 426 g/mol. The van der Waals surface area contributed by atoms with E-state index in [4.69, 9.17) is 9.47 Å². The number of anilines is 1. The van der Waals surface area contributed by atoms with Crippen molar-refractivity contribution < 1.29 is 24.2 Å². The molecular weight excluding hydrogens is 394 g/mol. The van der Waals surface area contributed by atoms with Gasteiger partial charge in [-0.15, -0.1) is 0 Å². The first-order chi connectivity index (χ1) is 14.8. The first-order valence-electron chi connectivity index (χ1n) is 10.5. The second-order valence-electron chi connectivity index (χ2n) is 7.34. The number of nitrogens with zero attached hydrogens (tertiary/aromatic N) is 1. The molecule has 1 aliphatic heterocycles. The van der Waals surface area contributed by atoms with Crippen LogP contribution in [0.4, 0.5) is 5.69 Å². The van der Waals surface area contributed by atoms with Crippen LogP contribution in [0, 0.1) is 0 Å². The van der Waals surface area contributed by atoms with E-state index in [2.05, 4.69) is 31.0 Å². The van der Waals surface area contributed by atoms with E-state index in [1.54, 1.807) is 32.1 Å². The zero-order valence-corrected chi connectivity index (χ0v) is 18.8. The van der Waals surface area contributed by atoms with Crippen LogP contribution in [-0.4, -0.2) is 43.2 Å². The van der Waals surface area contributed by atoms with Crippen molar-refractivity contribution in [3.63, 3.8) is 0 Å². The van der Waals surface area contributed by atoms with Gasteiger partial charge in [0.15, 0.2) is 5.78 Å². The Balaban J connectivity index is 2.33. The Kier molecular flexibility index (Phi) is 8.82. The van der Waals surface area contributed by atoms with E-state index in [1.165, 1.54) is 6.92 Å². The van der Waals surface area contributed by atoms with Gasteiger partial charge in [0.05, 0.1) is 6.61 Å². The standard InChI is InChI=1S/C25H31NO5/c1-6-14-26(5)21-11-8-19(9-12-21)10-13-22-16-20(15-17(3)31-22)23(24(28)18(4)27)25(29)30-7-2/h8-13,15-16,18,27H,6-7,14H2,1-5H3/b13-10?,23-20-. The Morgan fingerprint density at radius 3 is 2.42 bits per heavy atom. The van der Waals surface area contributed by atoms with Crippen molar-refractivity contribution in [3.8, 4) is 0 Å². The van der Waals surface area contributed by atoms with Crippen molar-refractivity contribution >= 4 is 23.5 Å². The maximum Gasteiger partial charge on any atom is 0.342 e. The number of hydrogen-bond acceptors (Lipinski definition) is 6. The second-order valence-corrected chi connectivity index (χ2v) is 7.34. The minimum absolute atomic E-state index is 0.127. The summed E-state index contributed by atoms with van der Waals surface area (Å²) in [4.78, 5) is 27.0. The molecule has 6 heteroatoms. The summed E-state index contributed by atoms with van der Waals surface area (Å²) < 4.78 is 10.8. The maximum atomic E-state index is 12.5. The van der Waals surface area contributed by atoms with Gasteiger partial charge in [-0.05, 0) is 68.7 Å². The maximum absolute atomic E-state index is 12.5. The topological polar surface area (TPSA) is 76.1 Å². The number of rotatable bonds is 9. The number of carbonyl (C=O) groups excluding carboxylic acids is 2. The molecule has 0 bridgehead atoms. The first-order valence-corrected chi connectivity index (χ1v) is 10.5. The number of benzene rings is 1. The van der Waals surface area contributed by atoms with Gasteiger partial charge in [0, 0.05) is 19.3 Å². The van der Waals surface area contributed by atoms with Gasteiger partial charge in [0.25, 0.3) is 0 Å². The molecule has 166 valence electrons. The minimum atomic E-state index is -1.32. The molecule has 0 aromatic heterocycles. The number of allylic oxidation sites excluding steroid dienone is 5. The fourth-order valence-electron chi connectivity index (χ4n) is 3.14. The zero-order chi connectivity index (χ0) is 23.0. The molecule has 0 saturated carbocycles. The Morgan fingerprint density at radius 2 is 1.84 bits per heavy atom. The third-order valence-electron chi connectivity index (χ3n) is 4.66. The third-order valence-corrected chi connectivity index (χ3v) is 4.66. The van der Waals surface area contributed by atoms with Gasteiger partial charge in [0.1, 0.15) is 23.2 Å². The molecule has 0 radical (unpaired) electrons. The molecule has 0 saturated heterocycles. The SMILES string of the molecule is CCCN(C)c1ccc(C=CC2=C/C(=C(\C(=O)OCC)C(=O)C(C)O)C=C(C)O2)cc1. The number of ether oxygens (including phenoxy) is 2. The van der Waals surface area contributed by atoms with Gasteiger partial charge in [-0.25, -0.2) is 4.79 Å². The van der Waals surface area contributed by atoms with Crippen LogP contribution >= 0.6 is 0 Å². The molecule has 1 heterocycles. The minimum Gasteiger partial charge on any atom is -0.462 e. The zero-order valence-electron chi connectivity index (χ0n) is 18.8. The quantitative estimate of drug-likeness (QED) is 0.277. The molecule has 0 fully saturated rings. The summed E-state index contributed by atoms with van der Waals surface area (Å²) in [7, 11) is 2.06. The summed E-state index contributed by atoms with van der Waals surface area (Å²) in [5.74, 6) is -0.456. The number of Topliss-reactive ketones (excluding diaryl/α,β-unsaturated/α-hetero) is 1. The van der Waals surface area contributed by atoms with E-state index in [0.29, 0.717) is 17.1 Å². The lowest BCUT2D eigenvalue weighted by molar-refractivity contribution is -0.141. The summed E-state index contributed by atoms with van der Waals surface area (Å²) in [6, 6.07) is 8.15. The molecule has 1 aromatic carbocycles. The van der Waals surface area contributed by atoms with Crippen LogP contribution in [0.25, 0.3) is 6.08 Å². The molecular formula is C25H31NO5. The van der Waals surface area contributed by atoms with Crippen molar-refractivity contribution in [2.75, 3.05) is 25.1 Å². The largest absolute Gasteiger partial charge is 0.462 e. The van der Waals surface area contributed by atoms with Crippen LogP contribution in [0.3, 0.4) is 0 Å². The molecule has 0 spiro atoms. The predicted molar refractivity (Wildman–Crippen MR) is 122 cm³/mol.